The lowest BCUT2D eigenvalue weighted by atomic mass is 9.92. The van der Waals surface area contributed by atoms with Gasteiger partial charge in [0.2, 0.25) is 5.91 Å². The molecule has 23 heavy (non-hydrogen) atoms. The van der Waals surface area contributed by atoms with Crippen molar-refractivity contribution in [3.8, 4) is 0 Å². The zero-order valence-electron chi connectivity index (χ0n) is 13.4. The van der Waals surface area contributed by atoms with Crippen molar-refractivity contribution in [1.82, 2.24) is 5.32 Å². The number of hydrogen-bond acceptors (Lipinski definition) is 3. The summed E-state index contributed by atoms with van der Waals surface area (Å²) in [6, 6.07) is 5.07. The Morgan fingerprint density at radius 2 is 2.00 bits per heavy atom. The van der Waals surface area contributed by atoms with Crippen LogP contribution in [0.1, 0.15) is 32.1 Å². The van der Waals surface area contributed by atoms with Crippen LogP contribution in [-0.4, -0.2) is 32.1 Å². The summed E-state index contributed by atoms with van der Waals surface area (Å²) in [5.41, 5.74) is 1.38. The summed E-state index contributed by atoms with van der Waals surface area (Å²) in [6.07, 6.45) is 5.32. The molecule has 1 spiro atoms. The molecule has 4 nitrogen and oxygen atoms in total. The topological polar surface area (TPSA) is 44.4 Å². The van der Waals surface area contributed by atoms with E-state index in [1.807, 2.05) is 6.07 Å². The normalized spacial score (nSPS) is 25.6. The highest BCUT2D eigenvalue weighted by Gasteiger charge is 2.57. The third-order valence-corrected chi connectivity index (χ3v) is 5.79. The number of anilines is 2. The number of nitrogens with one attached hydrogen (secondary N) is 2. The second-order valence-electron chi connectivity index (χ2n) is 7.19. The van der Waals surface area contributed by atoms with E-state index in [1.165, 1.54) is 6.07 Å². The van der Waals surface area contributed by atoms with E-state index >= 15 is 0 Å². The third kappa shape index (κ3) is 2.71. The van der Waals surface area contributed by atoms with Gasteiger partial charge in [0.05, 0.1) is 5.69 Å². The predicted octanol–water partition coefficient (Wildman–Crippen LogP) is 2.75. The minimum atomic E-state index is -0.331. The SMILES string of the molecule is O=C(Nc1c(F)cccc1N1CCCC1)C1CC12CCNCC2. The van der Waals surface area contributed by atoms with E-state index in [-0.39, 0.29) is 23.1 Å². The predicted molar refractivity (Wildman–Crippen MR) is 89.1 cm³/mol. The molecule has 1 saturated carbocycles. The summed E-state index contributed by atoms with van der Waals surface area (Å²) in [7, 11) is 0. The van der Waals surface area contributed by atoms with E-state index in [0.29, 0.717) is 5.69 Å². The molecule has 1 aromatic carbocycles. The van der Waals surface area contributed by atoms with Crippen LogP contribution in [0.5, 0.6) is 0 Å². The lowest BCUT2D eigenvalue weighted by Gasteiger charge is -2.24. The first-order valence-electron chi connectivity index (χ1n) is 8.75. The summed E-state index contributed by atoms with van der Waals surface area (Å²) >= 11 is 0. The summed E-state index contributed by atoms with van der Waals surface area (Å²) in [5.74, 6) is -0.282. The molecule has 2 saturated heterocycles. The Hall–Kier alpha value is -1.62. The molecule has 5 heteroatoms. The van der Waals surface area contributed by atoms with Crippen LogP contribution >= 0.6 is 0 Å². The van der Waals surface area contributed by atoms with E-state index in [9.17, 15) is 9.18 Å². The lowest BCUT2D eigenvalue weighted by molar-refractivity contribution is -0.118. The molecule has 1 aliphatic carbocycles. The van der Waals surface area contributed by atoms with Crippen LogP contribution in [0.2, 0.25) is 0 Å². The lowest BCUT2D eigenvalue weighted by Crippen LogP contribution is -2.32. The zero-order valence-corrected chi connectivity index (χ0v) is 13.4. The molecule has 1 atom stereocenters. The smallest absolute Gasteiger partial charge is 0.228 e. The van der Waals surface area contributed by atoms with Gasteiger partial charge in [-0.15, -0.1) is 0 Å². The number of amides is 1. The van der Waals surface area contributed by atoms with Crippen LogP contribution in [-0.2, 0) is 4.79 Å². The molecular formula is C18H24FN3O. The van der Waals surface area contributed by atoms with Crippen molar-refractivity contribution < 1.29 is 9.18 Å². The van der Waals surface area contributed by atoms with Gasteiger partial charge in [0.1, 0.15) is 11.5 Å². The fraction of sp³-hybridized carbons (Fsp3) is 0.611. The monoisotopic (exact) mass is 317 g/mol. The maximum absolute atomic E-state index is 14.3. The van der Waals surface area contributed by atoms with Gasteiger partial charge in [-0.2, -0.15) is 0 Å². The van der Waals surface area contributed by atoms with Crippen LogP contribution < -0.4 is 15.5 Å². The molecule has 124 valence electrons. The average Bonchev–Trinajstić information content (AvgIpc) is 2.99. The molecule has 2 N–H and O–H groups in total. The number of hydrogen-bond donors (Lipinski definition) is 2. The first-order chi connectivity index (χ1) is 11.2. The van der Waals surface area contributed by atoms with Crippen molar-refractivity contribution in [2.45, 2.75) is 32.1 Å². The number of carbonyl (C=O) groups excluding carboxylic acids is 1. The second-order valence-corrected chi connectivity index (χ2v) is 7.19. The Bertz CT molecular complexity index is 606. The van der Waals surface area contributed by atoms with Gasteiger partial charge in [0.25, 0.3) is 0 Å². The molecule has 1 unspecified atom stereocenters. The fourth-order valence-electron chi connectivity index (χ4n) is 4.26. The molecule has 0 bridgehead atoms. The quantitative estimate of drug-likeness (QED) is 0.901. The summed E-state index contributed by atoms with van der Waals surface area (Å²) < 4.78 is 14.3. The molecule has 3 aliphatic rings. The van der Waals surface area contributed by atoms with Crippen LogP contribution in [0, 0.1) is 17.2 Å². The summed E-state index contributed by atoms with van der Waals surface area (Å²) in [6.45, 7) is 3.85. The van der Waals surface area contributed by atoms with Crippen LogP contribution in [0.4, 0.5) is 15.8 Å². The fourth-order valence-corrected chi connectivity index (χ4v) is 4.26. The van der Waals surface area contributed by atoms with Crippen molar-refractivity contribution in [3.05, 3.63) is 24.0 Å². The maximum atomic E-state index is 14.3. The van der Waals surface area contributed by atoms with Crippen molar-refractivity contribution in [1.29, 1.82) is 0 Å². The molecule has 0 aromatic heterocycles. The Morgan fingerprint density at radius 3 is 2.74 bits per heavy atom. The molecule has 4 rings (SSSR count). The second kappa shape index (κ2) is 5.78. The van der Waals surface area contributed by atoms with E-state index in [4.69, 9.17) is 0 Å². The van der Waals surface area contributed by atoms with E-state index in [2.05, 4.69) is 15.5 Å². The van der Waals surface area contributed by atoms with Gasteiger partial charge in [-0.1, -0.05) is 6.07 Å². The summed E-state index contributed by atoms with van der Waals surface area (Å²) in [5, 5.41) is 6.26. The largest absolute Gasteiger partial charge is 0.370 e. The number of piperidine rings is 1. The van der Waals surface area contributed by atoms with E-state index in [1.54, 1.807) is 6.07 Å². The van der Waals surface area contributed by atoms with Crippen LogP contribution in [0.25, 0.3) is 0 Å². The van der Waals surface area contributed by atoms with Crippen molar-refractivity contribution in [2.75, 3.05) is 36.4 Å². The highest BCUT2D eigenvalue weighted by molar-refractivity contribution is 5.98. The van der Waals surface area contributed by atoms with E-state index in [0.717, 1.165) is 64.0 Å². The van der Waals surface area contributed by atoms with Gasteiger partial charge in [0, 0.05) is 19.0 Å². The van der Waals surface area contributed by atoms with E-state index < -0.39 is 0 Å². The standard InChI is InChI=1S/C18H24FN3O/c19-14-4-3-5-15(22-10-1-2-11-22)16(14)21-17(23)13-12-18(13)6-8-20-9-7-18/h3-5,13,20H,1-2,6-12H2,(H,21,23). The Labute approximate surface area is 136 Å². The third-order valence-electron chi connectivity index (χ3n) is 5.79. The van der Waals surface area contributed by atoms with Crippen LogP contribution in [0.15, 0.2) is 18.2 Å². The minimum Gasteiger partial charge on any atom is -0.370 e. The van der Waals surface area contributed by atoms with Gasteiger partial charge >= 0.3 is 0 Å². The van der Waals surface area contributed by atoms with Crippen molar-refractivity contribution in [3.63, 3.8) is 0 Å². The van der Waals surface area contributed by atoms with Crippen molar-refractivity contribution >= 4 is 17.3 Å². The Morgan fingerprint density at radius 1 is 1.26 bits per heavy atom. The Balaban J connectivity index is 1.51. The number of benzene rings is 1. The average molecular weight is 317 g/mol. The van der Waals surface area contributed by atoms with Gasteiger partial charge < -0.3 is 15.5 Å². The first-order valence-corrected chi connectivity index (χ1v) is 8.75. The number of halogens is 1. The molecule has 2 aliphatic heterocycles. The van der Waals surface area contributed by atoms with Gasteiger partial charge in [-0.3, -0.25) is 4.79 Å². The summed E-state index contributed by atoms with van der Waals surface area (Å²) in [4.78, 5) is 14.8. The first kappa shape index (κ1) is 14.9. The number of carbonyl (C=O) groups is 1. The molecular weight excluding hydrogens is 293 g/mol. The van der Waals surface area contributed by atoms with Crippen molar-refractivity contribution in [2.24, 2.45) is 11.3 Å². The molecule has 3 fully saturated rings. The minimum absolute atomic E-state index is 0.00236. The highest BCUT2D eigenvalue weighted by Crippen LogP contribution is 2.59. The van der Waals surface area contributed by atoms with Gasteiger partial charge in [-0.05, 0) is 62.7 Å². The zero-order chi connectivity index (χ0) is 15.9. The van der Waals surface area contributed by atoms with Crippen LogP contribution in [0.3, 0.4) is 0 Å². The number of rotatable bonds is 3. The van der Waals surface area contributed by atoms with Gasteiger partial charge in [0.15, 0.2) is 0 Å². The highest BCUT2D eigenvalue weighted by atomic mass is 19.1. The molecule has 1 amide bonds. The van der Waals surface area contributed by atoms with Gasteiger partial charge in [-0.25, -0.2) is 4.39 Å². The molecule has 1 aromatic rings. The Kier molecular flexibility index (Phi) is 3.76. The maximum Gasteiger partial charge on any atom is 0.228 e. The number of nitrogens with zero attached hydrogens (tertiary/aromatic N) is 1. The number of para-hydroxylation sites is 1. The molecule has 2 heterocycles. The molecule has 0 radical (unpaired) electrons.